The van der Waals surface area contributed by atoms with Crippen molar-refractivity contribution in [2.75, 3.05) is 0 Å². The number of nitrogens with zero attached hydrogens (tertiary/aromatic N) is 1. The number of hydrogen-bond acceptors (Lipinski definition) is 3. The zero-order chi connectivity index (χ0) is 22.3. The van der Waals surface area contributed by atoms with Crippen molar-refractivity contribution in [3.05, 3.63) is 95.7 Å². The molecule has 4 rings (SSSR count). The third-order valence-corrected chi connectivity index (χ3v) is 5.92. The van der Waals surface area contributed by atoms with E-state index in [1.807, 2.05) is 30.3 Å². The molecule has 6 heteroatoms. The molecule has 1 aliphatic rings. The highest BCUT2D eigenvalue weighted by atomic mass is 19.1. The fourth-order valence-electron chi connectivity index (χ4n) is 4.27. The van der Waals surface area contributed by atoms with Crippen LogP contribution in [0, 0.1) is 5.82 Å². The Morgan fingerprint density at radius 2 is 1.69 bits per heavy atom. The van der Waals surface area contributed by atoms with E-state index < -0.39 is 17.8 Å². The van der Waals surface area contributed by atoms with E-state index in [9.17, 15) is 14.0 Å². The van der Waals surface area contributed by atoms with Gasteiger partial charge in [0.25, 0.3) is 5.91 Å². The summed E-state index contributed by atoms with van der Waals surface area (Å²) in [6.07, 6.45) is 6.58. The standard InChI is InChI=1S/C26H27FN2O3/c27-22-15-8-7-12-20(22)18-29(26(31)23-16-9-17-32-23)24(19-10-3-1-4-11-19)25(30)28-21-13-5-2-6-14-21/h1,3-4,7-12,15-17,21,24H,2,5-6,13-14,18H2,(H,28,30). The molecule has 32 heavy (non-hydrogen) atoms. The van der Waals surface area contributed by atoms with E-state index >= 15 is 0 Å². The van der Waals surface area contributed by atoms with Gasteiger partial charge in [0.05, 0.1) is 12.8 Å². The smallest absolute Gasteiger partial charge is 0.290 e. The van der Waals surface area contributed by atoms with Gasteiger partial charge < -0.3 is 14.6 Å². The third-order valence-electron chi connectivity index (χ3n) is 5.92. The molecule has 3 aromatic rings. The Bertz CT molecular complexity index is 1030. The number of nitrogens with one attached hydrogen (secondary N) is 1. The molecular formula is C26H27FN2O3. The fourth-order valence-corrected chi connectivity index (χ4v) is 4.27. The summed E-state index contributed by atoms with van der Waals surface area (Å²) in [5, 5.41) is 3.14. The molecule has 1 unspecified atom stereocenters. The Labute approximate surface area is 187 Å². The number of hydrogen-bond donors (Lipinski definition) is 1. The van der Waals surface area contributed by atoms with Crippen molar-refractivity contribution in [1.82, 2.24) is 10.2 Å². The number of furan rings is 1. The van der Waals surface area contributed by atoms with Crippen molar-refractivity contribution in [1.29, 1.82) is 0 Å². The molecule has 0 saturated heterocycles. The maximum absolute atomic E-state index is 14.5. The molecule has 1 saturated carbocycles. The molecular weight excluding hydrogens is 407 g/mol. The summed E-state index contributed by atoms with van der Waals surface area (Å²) >= 11 is 0. The molecule has 1 atom stereocenters. The molecule has 0 aliphatic heterocycles. The van der Waals surface area contributed by atoms with Gasteiger partial charge in [-0.3, -0.25) is 9.59 Å². The van der Waals surface area contributed by atoms with Gasteiger partial charge >= 0.3 is 0 Å². The van der Waals surface area contributed by atoms with Crippen molar-refractivity contribution in [3.63, 3.8) is 0 Å². The quantitative estimate of drug-likeness (QED) is 0.552. The summed E-state index contributed by atoms with van der Waals surface area (Å²) in [5.41, 5.74) is 0.996. The van der Waals surface area contributed by atoms with Crippen molar-refractivity contribution < 1.29 is 18.4 Å². The predicted octanol–water partition coefficient (Wildman–Crippen LogP) is 5.25. The second-order valence-corrected chi connectivity index (χ2v) is 8.16. The summed E-state index contributed by atoms with van der Waals surface area (Å²) in [5.74, 6) is -1.05. The Balaban J connectivity index is 1.72. The van der Waals surface area contributed by atoms with Crippen LogP contribution in [0.2, 0.25) is 0 Å². The number of rotatable bonds is 7. The SMILES string of the molecule is O=C(NC1CCCCC1)C(c1ccccc1)N(Cc1ccccc1F)C(=O)c1ccco1. The molecule has 1 N–H and O–H groups in total. The molecule has 1 aromatic heterocycles. The summed E-state index contributed by atoms with van der Waals surface area (Å²) in [6.45, 7) is -0.0656. The van der Waals surface area contributed by atoms with E-state index in [1.165, 1.54) is 23.7 Å². The van der Waals surface area contributed by atoms with Gasteiger partial charge in [0.15, 0.2) is 5.76 Å². The van der Waals surface area contributed by atoms with Crippen LogP contribution < -0.4 is 5.32 Å². The van der Waals surface area contributed by atoms with Crippen molar-refractivity contribution in [2.24, 2.45) is 0 Å². The Hall–Kier alpha value is -3.41. The average molecular weight is 435 g/mol. The summed E-state index contributed by atoms with van der Waals surface area (Å²) in [7, 11) is 0. The van der Waals surface area contributed by atoms with Crippen LogP contribution in [0.5, 0.6) is 0 Å². The Kier molecular flexibility index (Phi) is 7.00. The van der Waals surface area contributed by atoms with Crippen LogP contribution in [-0.2, 0) is 11.3 Å². The minimum absolute atomic E-state index is 0.0656. The zero-order valence-corrected chi connectivity index (χ0v) is 17.9. The number of carbonyl (C=O) groups excluding carboxylic acids is 2. The second kappa shape index (κ2) is 10.3. The van der Waals surface area contributed by atoms with Crippen LogP contribution in [0.15, 0.2) is 77.4 Å². The van der Waals surface area contributed by atoms with Crippen LogP contribution >= 0.6 is 0 Å². The van der Waals surface area contributed by atoms with Gasteiger partial charge in [-0.2, -0.15) is 0 Å². The van der Waals surface area contributed by atoms with E-state index in [2.05, 4.69) is 5.32 Å². The van der Waals surface area contributed by atoms with Gasteiger partial charge in [0.2, 0.25) is 5.91 Å². The first-order chi connectivity index (χ1) is 15.6. The molecule has 2 amide bonds. The highest BCUT2D eigenvalue weighted by molar-refractivity contribution is 5.96. The molecule has 0 spiro atoms. The lowest BCUT2D eigenvalue weighted by Crippen LogP contribution is -2.46. The molecule has 1 aliphatic carbocycles. The van der Waals surface area contributed by atoms with Gasteiger partial charge in [0.1, 0.15) is 11.9 Å². The van der Waals surface area contributed by atoms with Crippen LogP contribution in [0.4, 0.5) is 4.39 Å². The van der Waals surface area contributed by atoms with Gasteiger partial charge in [-0.25, -0.2) is 4.39 Å². The molecule has 0 radical (unpaired) electrons. The largest absolute Gasteiger partial charge is 0.459 e. The van der Waals surface area contributed by atoms with Crippen LogP contribution in [0.25, 0.3) is 0 Å². The van der Waals surface area contributed by atoms with Gasteiger partial charge in [-0.05, 0) is 36.6 Å². The van der Waals surface area contributed by atoms with E-state index in [4.69, 9.17) is 4.42 Å². The lowest BCUT2D eigenvalue weighted by Gasteiger charge is -2.33. The average Bonchev–Trinajstić information content (AvgIpc) is 3.36. The lowest BCUT2D eigenvalue weighted by atomic mass is 9.94. The second-order valence-electron chi connectivity index (χ2n) is 8.16. The maximum atomic E-state index is 14.5. The highest BCUT2D eigenvalue weighted by Gasteiger charge is 2.34. The first-order valence-electron chi connectivity index (χ1n) is 11.1. The van der Waals surface area contributed by atoms with E-state index in [0.29, 0.717) is 11.1 Å². The zero-order valence-electron chi connectivity index (χ0n) is 17.9. The Morgan fingerprint density at radius 1 is 0.969 bits per heavy atom. The number of amides is 2. The Morgan fingerprint density at radius 3 is 2.38 bits per heavy atom. The van der Waals surface area contributed by atoms with Crippen molar-refractivity contribution >= 4 is 11.8 Å². The minimum Gasteiger partial charge on any atom is -0.459 e. The number of carbonyl (C=O) groups is 2. The monoisotopic (exact) mass is 434 g/mol. The topological polar surface area (TPSA) is 62.6 Å². The predicted molar refractivity (Wildman–Crippen MR) is 119 cm³/mol. The first-order valence-corrected chi connectivity index (χ1v) is 11.1. The number of benzene rings is 2. The van der Waals surface area contributed by atoms with Crippen LogP contribution in [0.1, 0.15) is 59.8 Å². The molecule has 5 nitrogen and oxygen atoms in total. The molecule has 2 aromatic carbocycles. The van der Waals surface area contributed by atoms with Crippen LogP contribution in [0.3, 0.4) is 0 Å². The number of halogens is 1. The fraction of sp³-hybridized carbons (Fsp3) is 0.308. The molecule has 1 fully saturated rings. The summed E-state index contributed by atoms with van der Waals surface area (Å²) in [6, 6.07) is 17.8. The van der Waals surface area contributed by atoms with E-state index in [0.717, 1.165) is 25.7 Å². The maximum Gasteiger partial charge on any atom is 0.290 e. The normalized spacial score (nSPS) is 15.2. The lowest BCUT2D eigenvalue weighted by molar-refractivity contribution is -0.127. The van der Waals surface area contributed by atoms with Crippen molar-refractivity contribution in [3.8, 4) is 0 Å². The van der Waals surface area contributed by atoms with Gasteiger partial charge in [-0.1, -0.05) is 67.8 Å². The third kappa shape index (κ3) is 5.07. The van der Waals surface area contributed by atoms with Crippen LogP contribution in [-0.4, -0.2) is 22.8 Å². The molecule has 1 heterocycles. The van der Waals surface area contributed by atoms with Gasteiger partial charge in [-0.15, -0.1) is 0 Å². The summed E-state index contributed by atoms with van der Waals surface area (Å²) in [4.78, 5) is 28.4. The minimum atomic E-state index is -0.921. The molecule has 0 bridgehead atoms. The molecule has 166 valence electrons. The van der Waals surface area contributed by atoms with E-state index in [1.54, 1.807) is 30.3 Å². The van der Waals surface area contributed by atoms with E-state index in [-0.39, 0.29) is 24.3 Å². The van der Waals surface area contributed by atoms with Crippen molar-refractivity contribution in [2.45, 2.75) is 50.7 Å². The first kappa shape index (κ1) is 21.8. The summed E-state index contributed by atoms with van der Waals surface area (Å²) < 4.78 is 19.9. The van der Waals surface area contributed by atoms with Gasteiger partial charge in [0, 0.05) is 11.6 Å². The highest BCUT2D eigenvalue weighted by Crippen LogP contribution is 2.28.